The molecule has 0 amide bonds. The van der Waals surface area contributed by atoms with Gasteiger partial charge in [0.05, 0.1) is 5.71 Å². The summed E-state index contributed by atoms with van der Waals surface area (Å²) >= 11 is 0. The molecule has 0 aromatic rings. The van der Waals surface area contributed by atoms with Gasteiger partial charge in [-0.05, 0) is 18.8 Å². The summed E-state index contributed by atoms with van der Waals surface area (Å²) in [6.45, 7) is 3.19. The van der Waals surface area contributed by atoms with Crippen molar-refractivity contribution in [1.29, 1.82) is 0 Å². The van der Waals surface area contributed by atoms with Crippen molar-refractivity contribution in [3.63, 3.8) is 0 Å². The Bertz CT molecular complexity index is 193. The van der Waals surface area contributed by atoms with Crippen LogP contribution in [-0.4, -0.2) is 18.5 Å². The minimum absolute atomic E-state index is 0.127. The molecule has 0 rings (SSSR count). The third-order valence-corrected chi connectivity index (χ3v) is 0.755. The Morgan fingerprint density at radius 1 is 1.33 bits per heavy atom. The van der Waals surface area contributed by atoms with Gasteiger partial charge in [-0.25, -0.2) is 0 Å². The molecule has 9 heavy (non-hydrogen) atoms. The van der Waals surface area contributed by atoms with E-state index in [-0.39, 0.29) is 5.78 Å². The van der Waals surface area contributed by atoms with Crippen molar-refractivity contribution >= 4 is 11.5 Å². The average molecular weight is 123 g/mol. The van der Waals surface area contributed by atoms with Crippen LogP contribution in [0.2, 0.25) is 0 Å². The van der Waals surface area contributed by atoms with E-state index in [1.54, 1.807) is 14.0 Å². The van der Waals surface area contributed by atoms with Crippen LogP contribution in [0.25, 0.3) is 0 Å². The third-order valence-electron chi connectivity index (χ3n) is 0.755. The molecule has 0 saturated carbocycles. The van der Waals surface area contributed by atoms with E-state index < -0.39 is 0 Å². The minimum Gasteiger partial charge on any atom is -0.285 e. The highest BCUT2D eigenvalue weighted by Crippen LogP contribution is 1.69. The Balaban J connectivity index is 4.04. The van der Waals surface area contributed by atoms with Crippen LogP contribution < -0.4 is 0 Å². The van der Waals surface area contributed by atoms with E-state index in [1.807, 2.05) is 0 Å². The van der Waals surface area contributed by atoms with Crippen LogP contribution in [0.15, 0.2) is 4.99 Å². The number of Topliss-reactive ketones (excluding diaryl/α,β-unsaturated/α-hetero) is 1. The maximum absolute atomic E-state index is 10.2. The summed E-state index contributed by atoms with van der Waals surface area (Å²) in [5, 5.41) is 0. The van der Waals surface area contributed by atoms with E-state index in [9.17, 15) is 4.79 Å². The maximum Gasteiger partial charge on any atom is 0.202 e. The fourth-order valence-electron chi connectivity index (χ4n) is 0.234. The first-order valence-corrected chi connectivity index (χ1v) is 2.62. The van der Waals surface area contributed by atoms with Gasteiger partial charge in [-0.1, -0.05) is 0 Å². The molecular weight excluding hydrogens is 114 g/mol. The van der Waals surface area contributed by atoms with Gasteiger partial charge in [0, 0.05) is 14.0 Å². The molecule has 0 spiro atoms. The molecule has 2 heteroatoms. The van der Waals surface area contributed by atoms with Crippen LogP contribution in [-0.2, 0) is 4.79 Å². The monoisotopic (exact) mass is 123 g/mol. The Kier molecular flexibility index (Phi) is 3.38. The van der Waals surface area contributed by atoms with Gasteiger partial charge in [-0.15, -0.1) is 0 Å². The Morgan fingerprint density at radius 3 is 2.22 bits per heavy atom. The van der Waals surface area contributed by atoms with Crippen LogP contribution in [0.4, 0.5) is 0 Å². The van der Waals surface area contributed by atoms with Crippen LogP contribution in [0.1, 0.15) is 13.8 Å². The van der Waals surface area contributed by atoms with Gasteiger partial charge in [0.25, 0.3) is 0 Å². The standard InChI is InChI=1S/C7H9NO/c1-6(8-3)4-5-7(2)9/h1-3H3. The van der Waals surface area contributed by atoms with Crippen LogP contribution in [0, 0.1) is 11.8 Å². The highest BCUT2D eigenvalue weighted by Gasteiger charge is 1.79. The number of hydrogen-bond donors (Lipinski definition) is 0. The second-order valence-electron chi connectivity index (χ2n) is 1.62. The second kappa shape index (κ2) is 3.85. The predicted octanol–water partition coefficient (Wildman–Crippen LogP) is 0.669. The topological polar surface area (TPSA) is 29.4 Å². The first-order valence-electron chi connectivity index (χ1n) is 2.62. The van der Waals surface area contributed by atoms with Crippen molar-refractivity contribution in [2.45, 2.75) is 13.8 Å². The lowest BCUT2D eigenvalue weighted by molar-refractivity contribution is -0.111. The van der Waals surface area contributed by atoms with Crippen molar-refractivity contribution < 1.29 is 4.79 Å². The molecule has 48 valence electrons. The van der Waals surface area contributed by atoms with E-state index in [1.165, 1.54) is 6.92 Å². The maximum atomic E-state index is 10.2. The predicted molar refractivity (Wildman–Crippen MR) is 37.5 cm³/mol. The van der Waals surface area contributed by atoms with E-state index in [0.29, 0.717) is 5.71 Å². The molecule has 0 aromatic heterocycles. The van der Waals surface area contributed by atoms with Crippen molar-refractivity contribution in [3.8, 4) is 11.8 Å². The highest BCUT2D eigenvalue weighted by molar-refractivity contribution is 6.05. The highest BCUT2D eigenvalue weighted by atomic mass is 16.1. The van der Waals surface area contributed by atoms with Crippen LogP contribution in [0.5, 0.6) is 0 Å². The molecule has 0 bridgehead atoms. The zero-order valence-corrected chi connectivity index (χ0v) is 5.86. The van der Waals surface area contributed by atoms with Gasteiger partial charge in [-0.3, -0.25) is 9.79 Å². The number of rotatable bonds is 0. The van der Waals surface area contributed by atoms with Gasteiger partial charge in [0.15, 0.2) is 0 Å². The zero-order chi connectivity index (χ0) is 7.28. The van der Waals surface area contributed by atoms with E-state index in [2.05, 4.69) is 16.8 Å². The molecular formula is C7H9NO. The summed E-state index contributed by atoms with van der Waals surface area (Å²) in [5.74, 6) is 4.83. The van der Waals surface area contributed by atoms with E-state index >= 15 is 0 Å². The Hall–Kier alpha value is -1.10. The number of aliphatic imine (C=N–C) groups is 1. The summed E-state index contributed by atoms with van der Waals surface area (Å²) in [4.78, 5) is 14.0. The molecule has 0 aliphatic heterocycles. The number of hydrogen-bond acceptors (Lipinski definition) is 2. The normalized spacial score (nSPS) is 9.89. The lowest BCUT2D eigenvalue weighted by atomic mass is 10.4. The number of carbonyl (C=O) groups excluding carboxylic acids is 1. The first kappa shape index (κ1) is 7.90. The van der Waals surface area contributed by atoms with Crippen molar-refractivity contribution in [2.75, 3.05) is 7.05 Å². The minimum atomic E-state index is -0.127. The van der Waals surface area contributed by atoms with Crippen molar-refractivity contribution in [1.82, 2.24) is 0 Å². The summed E-state index contributed by atoms with van der Waals surface area (Å²) in [5.41, 5.74) is 0.685. The molecule has 0 aliphatic carbocycles. The first-order chi connectivity index (χ1) is 4.16. The Labute approximate surface area is 55.0 Å². The molecule has 0 saturated heterocycles. The summed E-state index contributed by atoms with van der Waals surface area (Å²) in [7, 11) is 1.64. The van der Waals surface area contributed by atoms with Crippen LogP contribution >= 0.6 is 0 Å². The lowest BCUT2D eigenvalue weighted by Crippen LogP contribution is -1.87. The average Bonchev–Trinajstić information content (AvgIpc) is 1.83. The van der Waals surface area contributed by atoms with Gasteiger partial charge in [-0.2, -0.15) is 0 Å². The fourth-order valence-corrected chi connectivity index (χ4v) is 0.234. The zero-order valence-electron chi connectivity index (χ0n) is 5.86. The quantitative estimate of drug-likeness (QED) is 0.264. The van der Waals surface area contributed by atoms with Gasteiger partial charge < -0.3 is 0 Å². The SMILES string of the molecule is CN=C(C)C#CC(C)=O. The molecule has 2 nitrogen and oxygen atoms in total. The van der Waals surface area contributed by atoms with E-state index in [0.717, 1.165) is 0 Å². The van der Waals surface area contributed by atoms with Gasteiger partial charge in [0.2, 0.25) is 5.78 Å². The molecule has 0 aliphatic rings. The fraction of sp³-hybridized carbons (Fsp3) is 0.429. The van der Waals surface area contributed by atoms with Crippen molar-refractivity contribution in [3.05, 3.63) is 0 Å². The van der Waals surface area contributed by atoms with Gasteiger partial charge >= 0.3 is 0 Å². The van der Waals surface area contributed by atoms with Crippen LogP contribution in [0.3, 0.4) is 0 Å². The smallest absolute Gasteiger partial charge is 0.202 e. The Morgan fingerprint density at radius 2 is 1.89 bits per heavy atom. The molecule has 0 radical (unpaired) electrons. The lowest BCUT2D eigenvalue weighted by Gasteiger charge is -1.77. The second-order valence-corrected chi connectivity index (χ2v) is 1.62. The van der Waals surface area contributed by atoms with Gasteiger partial charge in [0.1, 0.15) is 0 Å². The van der Waals surface area contributed by atoms with E-state index in [4.69, 9.17) is 0 Å². The number of ketones is 1. The summed E-state index contributed by atoms with van der Waals surface area (Å²) < 4.78 is 0. The molecule has 0 heterocycles. The largest absolute Gasteiger partial charge is 0.285 e. The molecule has 0 unspecified atom stereocenters. The third kappa shape index (κ3) is 4.76. The number of nitrogens with zero attached hydrogens (tertiary/aromatic N) is 1. The summed E-state index contributed by atoms with van der Waals surface area (Å²) in [6.07, 6.45) is 0. The summed E-state index contributed by atoms with van der Waals surface area (Å²) in [6, 6.07) is 0. The molecule has 0 N–H and O–H groups in total. The molecule has 0 fully saturated rings. The number of carbonyl (C=O) groups is 1. The molecule has 0 atom stereocenters. The van der Waals surface area contributed by atoms with Crippen molar-refractivity contribution in [2.24, 2.45) is 4.99 Å². The molecule has 0 aromatic carbocycles.